The van der Waals surface area contributed by atoms with Crippen LogP contribution in [0.5, 0.6) is 5.75 Å². The maximum Gasteiger partial charge on any atom is 0.257 e. The summed E-state index contributed by atoms with van der Waals surface area (Å²) in [5.41, 5.74) is 6.12. The minimum atomic E-state index is -0.185. The fraction of sp³-hybridized carbons (Fsp3) is 0.154. The Morgan fingerprint density at radius 3 is 2.39 bits per heavy atom. The molecule has 1 amide bonds. The highest BCUT2D eigenvalue weighted by atomic mass is 32.1. The maximum atomic E-state index is 12.7. The second-order valence-corrected chi connectivity index (χ2v) is 8.68. The Hall–Kier alpha value is -3.44. The highest BCUT2D eigenvalue weighted by Crippen LogP contribution is 2.31. The standard InChI is InChI=1S/C26H24N2O2S/c1-17-9-10-22(15-18(17)2)24-19(3)31-26(27-24)28-25(29)21-11-13-23(14-12-21)30-16-20-7-5-4-6-8-20/h4-15H,16H2,1-3H3,(H,27,28,29). The summed E-state index contributed by atoms with van der Waals surface area (Å²) in [5.74, 6) is 0.539. The molecule has 0 fully saturated rings. The highest BCUT2D eigenvalue weighted by Gasteiger charge is 2.14. The van der Waals surface area contributed by atoms with E-state index in [2.05, 4.69) is 42.3 Å². The molecule has 0 bridgehead atoms. The fourth-order valence-corrected chi connectivity index (χ4v) is 4.05. The number of nitrogens with zero attached hydrogens (tertiary/aromatic N) is 1. The van der Waals surface area contributed by atoms with Crippen molar-refractivity contribution in [3.63, 3.8) is 0 Å². The average Bonchev–Trinajstić information content (AvgIpc) is 3.15. The van der Waals surface area contributed by atoms with Crippen LogP contribution in [0.2, 0.25) is 0 Å². The third-order valence-electron chi connectivity index (χ3n) is 5.16. The number of nitrogens with one attached hydrogen (secondary N) is 1. The number of carbonyl (C=O) groups is 1. The van der Waals surface area contributed by atoms with Gasteiger partial charge in [-0.2, -0.15) is 0 Å². The number of anilines is 1. The lowest BCUT2D eigenvalue weighted by atomic mass is 10.0. The molecule has 3 aromatic carbocycles. The predicted octanol–water partition coefficient (Wildman–Crippen LogP) is 6.57. The number of carbonyl (C=O) groups excluding carboxylic acids is 1. The molecule has 1 heterocycles. The first kappa shape index (κ1) is 20.8. The van der Waals surface area contributed by atoms with Crippen molar-refractivity contribution < 1.29 is 9.53 Å². The number of benzene rings is 3. The van der Waals surface area contributed by atoms with Crippen LogP contribution < -0.4 is 10.1 Å². The number of ether oxygens (including phenoxy) is 1. The Kier molecular flexibility index (Phi) is 6.14. The van der Waals surface area contributed by atoms with Gasteiger partial charge >= 0.3 is 0 Å². The average molecular weight is 429 g/mol. The number of hydrogen-bond donors (Lipinski definition) is 1. The summed E-state index contributed by atoms with van der Waals surface area (Å²) < 4.78 is 5.79. The summed E-state index contributed by atoms with van der Waals surface area (Å²) in [4.78, 5) is 18.4. The predicted molar refractivity (Wildman–Crippen MR) is 127 cm³/mol. The van der Waals surface area contributed by atoms with Gasteiger partial charge in [-0.15, -0.1) is 11.3 Å². The van der Waals surface area contributed by atoms with E-state index in [0.717, 1.165) is 27.4 Å². The van der Waals surface area contributed by atoms with Crippen LogP contribution >= 0.6 is 11.3 Å². The molecular formula is C26H24N2O2S. The summed E-state index contributed by atoms with van der Waals surface area (Å²) in [6.45, 7) is 6.70. The Labute approximate surface area is 186 Å². The molecule has 4 aromatic rings. The van der Waals surface area contributed by atoms with E-state index in [9.17, 15) is 4.79 Å². The molecule has 0 aliphatic heterocycles. The SMILES string of the molecule is Cc1ccc(-c2nc(NC(=O)c3ccc(OCc4ccccc4)cc3)sc2C)cc1C. The zero-order valence-corrected chi connectivity index (χ0v) is 18.6. The van der Waals surface area contributed by atoms with E-state index in [1.54, 1.807) is 12.1 Å². The van der Waals surface area contributed by atoms with E-state index < -0.39 is 0 Å². The van der Waals surface area contributed by atoms with Crippen LogP contribution in [0, 0.1) is 20.8 Å². The van der Waals surface area contributed by atoms with E-state index in [4.69, 9.17) is 4.74 Å². The van der Waals surface area contributed by atoms with Gasteiger partial charge < -0.3 is 4.74 Å². The number of aromatic nitrogens is 1. The maximum absolute atomic E-state index is 12.7. The molecule has 0 saturated heterocycles. The van der Waals surface area contributed by atoms with Crippen molar-refractivity contribution in [3.05, 3.63) is 99.9 Å². The third-order valence-corrected chi connectivity index (χ3v) is 6.05. The molecule has 0 spiro atoms. The first-order valence-corrected chi connectivity index (χ1v) is 10.9. The molecule has 31 heavy (non-hydrogen) atoms. The molecule has 0 aliphatic rings. The topological polar surface area (TPSA) is 51.2 Å². The molecule has 4 rings (SSSR count). The van der Waals surface area contributed by atoms with Gasteiger partial charge in [0.05, 0.1) is 5.69 Å². The molecule has 0 saturated carbocycles. The first-order valence-electron chi connectivity index (χ1n) is 10.1. The lowest BCUT2D eigenvalue weighted by Crippen LogP contribution is -2.11. The fourth-order valence-electron chi connectivity index (χ4n) is 3.22. The van der Waals surface area contributed by atoms with Crippen LogP contribution in [0.25, 0.3) is 11.3 Å². The molecule has 0 unspecified atom stereocenters. The summed E-state index contributed by atoms with van der Waals surface area (Å²) in [5, 5.41) is 3.52. The second kappa shape index (κ2) is 9.14. The van der Waals surface area contributed by atoms with Crippen molar-refractivity contribution in [1.82, 2.24) is 4.98 Å². The smallest absolute Gasteiger partial charge is 0.257 e. The molecule has 0 atom stereocenters. The van der Waals surface area contributed by atoms with Crippen molar-refractivity contribution >= 4 is 22.4 Å². The normalized spacial score (nSPS) is 10.7. The quantitative estimate of drug-likeness (QED) is 0.378. The monoisotopic (exact) mass is 428 g/mol. The largest absolute Gasteiger partial charge is 0.489 e. The number of rotatable bonds is 6. The second-order valence-electron chi connectivity index (χ2n) is 7.48. The van der Waals surface area contributed by atoms with Crippen molar-refractivity contribution in [3.8, 4) is 17.0 Å². The number of aryl methyl sites for hydroxylation is 3. The van der Waals surface area contributed by atoms with Crippen molar-refractivity contribution in [2.24, 2.45) is 0 Å². The van der Waals surface area contributed by atoms with Crippen LogP contribution in [0.4, 0.5) is 5.13 Å². The number of thiazole rings is 1. The lowest BCUT2D eigenvalue weighted by Gasteiger charge is -2.07. The molecule has 1 N–H and O–H groups in total. The lowest BCUT2D eigenvalue weighted by molar-refractivity contribution is 0.102. The summed E-state index contributed by atoms with van der Waals surface area (Å²) in [7, 11) is 0. The van der Waals surface area contributed by atoms with Crippen LogP contribution in [0.15, 0.2) is 72.8 Å². The van der Waals surface area contributed by atoms with E-state index in [1.165, 1.54) is 22.5 Å². The molecule has 1 aromatic heterocycles. The van der Waals surface area contributed by atoms with E-state index in [1.807, 2.05) is 49.4 Å². The van der Waals surface area contributed by atoms with Gasteiger partial charge in [0, 0.05) is 16.0 Å². The number of hydrogen-bond acceptors (Lipinski definition) is 4. The van der Waals surface area contributed by atoms with Crippen molar-refractivity contribution in [2.75, 3.05) is 5.32 Å². The van der Waals surface area contributed by atoms with Crippen LogP contribution in [0.1, 0.15) is 31.9 Å². The van der Waals surface area contributed by atoms with Gasteiger partial charge in [0.1, 0.15) is 12.4 Å². The van der Waals surface area contributed by atoms with E-state index in [0.29, 0.717) is 17.3 Å². The molecular weight excluding hydrogens is 404 g/mol. The van der Waals surface area contributed by atoms with Gasteiger partial charge in [0.15, 0.2) is 5.13 Å². The van der Waals surface area contributed by atoms with E-state index in [-0.39, 0.29) is 5.91 Å². The molecule has 0 radical (unpaired) electrons. The highest BCUT2D eigenvalue weighted by molar-refractivity contribution is 7.16. The minimum absolute atomic E-state index is 0.185. The van der Waals surface area contributed by atoms with Gasteiger partial charge in [0.25, 0.3) is 5.91 Å². The van der Waals surface area contributed by atoms with Crippen LogP contribution in [-0.2, 0) is 6.61 Å². The molecule has 4 nitrogen and oxygen atoms in total. The van der Waals surface area contributed by atoms with Crippen molar-refractivity contribution in [1.29, 1.82) is 0 Å². The zero-order valence-electron chi connectivity index (χ0n) is 17.8. The summed E-state index contributed by atoms with van der Waals surface area (Å²) in [6, 6.07) is 23.4. The first-order chi connectivity index (χ1) is 15.0. The Bertz CT molecular complexity index is 1200. The summed E-state index contributed by atoms with van der Waals surface area (Å²) >= 11 is 1.48. The molecule has 0 aliphatic carbocycles. The van der Waals surface area contributed by atoms with Gasteiger partial charge in [0.2, 0.25) is 0 Å². The van der Waals surface area contributed by atoms with Gasteiger partial charge in [-0.25, -0.2) is 4.98 Å². The molecule has 5 heteroatoms. The zero-order chi connectivity index (χ0) is 21.8. The third kappa shape index (κ3) is 5.01. The van der Waals surface area contributed by atoms with Crippen molar-refractivity contribution in [2.45, 2.75) is 27.4 Å². The van der Waals surface area contributed by atoms with Gasteiger partial charge in [-0.3, -0.25) is 10.1 Å². The molecule has 156 valence electrons. The Morgan fingerprint density at radius 2 is 1.68 bits per heavy atom. The Balaban J connectivity index is 1.42. The number of amides is 1. The van der Waals surface area contributed by atoms with Gasteiger partial charge in [-0.05, 0) is 67.8 Å². The minimum Gasteiger partial charge on any atom is -0.489 e. The van der Waals surface area contributed by atoms with Crippen LogP contribution in [0.3, 0.4) is 0 Å². The van der Waals surface area contributed by atoms with Gasteiger partial charge in [-0.1, -0.05) is 42.5 Å². The van der Waals surface area contributed by atoms with Crippen LogP contribution in [-0.4, -0.2) is 10.9 Å². The summed E-state index contributed by atoms with van der Waals surface area (Å²) in [6.07, 6.45) is 0. The van der Waals surface area contributed by atoms with E-state index >= 15 is 0 Å². The Morgan fingerprint density at radius 1 is 0.935 bits per heavy atom.